The van der Waals surface area contributed by atoms with E-state index in [-0.39, 0.29) is 17.6 Å². The van der Waals surface area contributed by atoms with Gasteiger partial charge in [-0.3, -0.25) is 4.79 Å². The van der Waals surface area contributed by atoms with Gasteiger partial charge in [-0.1, -0.05) is 6.92 Å². The summed E-state index contributed by atoms with van der Waals surface area (Å²) in [7, 11) is 0. The number of benzene rings is 1. The molecule has 1 aliphatic rings. The van der Waals surface area contributed by atoms with Crippen LogP contribution >= 0.6 is 0 Å². The van der Waals surface area contributed by atoms with Crippen molar-refractivity contribution < 1.29 is 18.7 Å². The van der Waals surface area contributed by atoms with Crippen molar-refractivity contribution in [3.63, 3.8) is 0 Å². The largest absolute Gasteiger partial charge is 0.441 e. The Labute approximate surface area is 140 Å². The van der Waals surface area contributed by atoms with Crippen molar-refractivity contribution in [1.82, 2.24) is 9.88 Å². The number of aliphatic hydroxyl groups is 1. The average Bonchev–Trinajstić information content (AvgIpc) is 3.05. The van der Waals surface area contributed by atoms with Crippen molar-refractivity contribution in [2.75, 3.05) is 13.1 Å². The van der Waals surface area contributed by atoms with Gasteiger partial charge in [0.05, 0.1) is 12.3 Å². The number of nitrogens with zero attached hydrogens (tertiary/aromatic N) is 2. The summed E-state index contributed by atoms with van der Waals surface area (Å²) in [6.45, 7) is 3.08. The minimum Gasteiger partial charge on any atom is -0.441 e. The van der Waals surface area contributed by atoms with Gasteiger partial charge in [0.25, 0.3) is 0 Å². The number of carbonyl (C=O) groups excluding carboxylic acids is 1. The number of aliphatic hydroxyl groups excluding tert-OH is 1. The molecule has 24 heavy (non-hydrogen) atoms. The molecule has 5 nitrogen and oxygen atoms in total. The number of amides is 1. The molecule has 1 aromatic heterocycles. The maximum absolute atomic E-state index is 12.9. The third-order valence-corrected chi connectivity index (χ3v) is 4.51. The van der Waals surface area contributed by atoms with Gasteiger partial charge in [-0.2, -0.15) is 0 Å². The summed E-state index contributed by atoms with van der Waals surface area (Å²) < 4.78 is 18.6. The molecule has 1 saturated heterocycles. The van der Waals surface area contributed by atoms with Gasteiger partial charge in [-0.05, 0) is 36.6 Å². The molecular formula is C18H21FN2O3. The van der Waals surface area contributed by atoms with Crippen LogP contribution in [0.25, 0.3) is 11.3 Å². The van der Waals surface area contributed by atoms with Gasteiger partial charge in [0.2, 0.25) is 5.91 Å². The number of hydrogen-bond acceptors (Lipinski definition) is 4. The molecule has 1 N–H and O–H groups in total. The van der Waals surface area contributed by atoms with Crippen LogP contribution in [0.4, 0.5) is 4.39 Å². The van der Waals surface area contributed by atoms with E-state index >= 15 is 0 Å². The molecule has 1 amide bonds. The molecular weight excluding hydrogens is 311 g/mol. The van der Waals surface area contributed by atoms with E-state index in [4.69, 9.17) is 4.42 Å². The van der Waals surface area contributed by atoms with E-state index in [1.54, 1.807) is 23.2 Å². The fraction of sp³-hybridized carbons (Fsp3) is 0.444. The molecule has 3 rings (SSSR count). The van der Waals surface area contributed by atoms with E-state index in [2.05, 4.69) is 4.98 Å². The van der Waals surface area contributed by atoms with Crippen molar-refractivity contribution in [1.29, 1.82) is 0 Å². The highest BCUT2D eigenvalue weighted by Gasteiger charge is 2.27. The zero-order chi connectivity index (χ0) is 17.1. The molecule has 128 valence electrons. The highest BCUT2D eigenvalue weighted by Crippen LogP contribution is 2.22. The predicted octanol–water partition coefficient (Wildman–Crippen LogP) is 2.64. The monoisotopic (exact) mass is 332 g/mol. The summed E-state index contributed by atoms with van der Waals surface area (Å²) in [5, 5.41) is 9.88. The quantitative estimate of drug-likeness (QED) is 0.935. The van der Waals surface area contributed by atoms with Crippen molar-refractivity contribution in [2.45, 2.75) is 32.3 Å². The molecule has 0 bridgehead atoms. The van der Waals surface area contributed by atoms with E-state index in [1.165, 1.54) is 12.1 Å². The van der Waals surface area contributed by atoms with E-state index in [0.29, 0.717) is 37.6 Å². The van der Waals surface area contributed by atoms with Gasteiger partial charge >= 0.3 is 0 Å². The van der Waals surface area contributed by atoms with E-state index < -0.39 is 6.10 Å². The number of carbonyl (C=O) groups is 1. The highest BCUT2D eigenvalue weighted by molar-refractivity contribution is 5.76. The first-order valence-electron chi connectivity index (χ1n) is 8.19. The van der Waals surface area contributed by atoms with Gasteiger partial charge in [0, 0.05) is 31.5 Å². The number of aryl methyl sites for hydroxylation is 1. The molecule has 2 atom stereocenters. The van der Waals surface area contributed by atoms with Crippen LogP contribution in [0.3, 0.4) is 0 Å². The maximum Gasteiger partial charge on any atom is 0.223 e. The molecule has 2 heterocycles. The predicted molar refractivity (Wildman–Crippen MR) is 86.6 cm³/mol. The van der Waals surface area contributed by atoms with Gasteiger partial charge in [0.1, 0.15) is 5.82 Å². The first kappa shape index (κ1) is 16.6. The molecule has 1 aliphatic heterocycles. The molecule has 0 spiro atoms. The number of piperidine rings is 1. The van der Waals surface area contributed by atoms with E-state index in [9.17, 15) is 14.3 Å². The lowest BCUT2D eigenvalue weighted by Gasteiger charge is -2.34. The number of β-amino-alcohol motifs (C(OH)–C–C–N with tert-alkyl or cyclic N) is 1. The van der Waals surface area contributed by atoms with Crippen LogP contribution in [-0.4, -0.2) is 40.1 Å². The van der Waals surface area contributed by atoms with Crippen LogP contribution in [0.2, 0.25) is 0 Å². The Morgan fingerprint density at radius 1 is 1.42 bits per heavy atom. The Morgan fingerprint density at radius 2 is 2.17 bits per heavy atom. The van der Waals surface area contributed by atoms with Gasteiger partial charge in [-0.25, -0.2) is 9.37 Å². The Balaban J connectivity index is 1.55. The maximum atomic E-state index is 12.9. The number of hydrogen-bond donors (Lipinski definition) is 1. The zero-order valence-electron chi connectivity index (χ0n) is 13.6. The molecule has 1 aromatic carbocycles. The second-order valence-corrected chi connectivity index (χ2v) is 6.30. The Morgan fingerprint density at radius 3 is 2.88 bits per heavy atom. The van der Waals surface area contributed by atoms with Crippen LogP contribution in [0.15, 0.2) is 34.9 Å². The molecule has 1 fully saturated rings. The molecule has 2 aromatic rings. The lowest BCUT2D eigenvalue weighted by Crippen LogP contribution is -2.45. The summed E-state index contributed by atoms with van der Waals surface area (Å²) >= 11 is 0. The second kappa shape index (κ2) is 7.13. The smallest absolute Gasteiger partial charge is 0.223 e. The number of rotatable bonds is 4. The minimum absolute atomic E-state index is 0.00230. The van der Waals surface area contributed by atoms with Crippen LogP contribution in [0, 0.1) is 11.7 Å². The minimum atomic E-state index is -0.450. The topological polar surface area (TPSA) is 66.6 Å². The molecule has 0 aliphatic carbocycles. The summed E-state index contributed by atoms with van der Waals surface area (Å²) in [6.07, 6.45) is 2.65. The van der Waals surface area contributed by atoms with Crippen LogP contribution in [0.5, 0.6) is 0 Å². The molecule has 0 radical (unpaired) electrons. The van der Waals surface area contributed by atoms with Crippen LogP contribution < -0.4 is 0 Å². The Kier molecular flexibility index (Phi) is 4.94. The average molecular weight is 332 g/mol. The first-order valence-corrected chi connectivity index (χ1v) is 8.19. The molecule has 2 unspecified atom stereocenters. The Hall–Kier alpha value is -2.21. The highest BCUT2D eigenvalue weighted by atomic mass is 19.1. The summed E-state index contributed by atoms with van der Waals surface area (Å²) in [6, 6.07) is 5.98. The number of halogens is 1. The van der Waals surface area contributed by atoms with Gasteiger partial charge in [0.15, 0.2) is 11.7 Å². The second-order valence-electron chi connectivity index (χ2n) is 6.30. The number of likely N-dealkylation sites (tertiary alicyclic amines) is 1. The van der Waals surface area contributed by atoms with Crippen LogP contribution in [0.1, 0.15) is 25.7 Å². The van der Waals surface area contributed by atoms with Crippen LogP contribution in [-0.2, 0) is 11.2 Å². The van der Waals surface area contributed by atoms with Crippen molar-refractivity contribution in [3.05, 3.63) is 42.2 Å². The third-order valence-electron chi connectivity index (χ3n) is 4.51. The van der Waals surface area contributed by atoms with E-state index in [1.807, 2.05) is 6.92 Å². The van der Waals surface area contributed by atoms with Crippen molar-refractivity contribution in [3.8, 4) is 11.3 Å². The summed E-state index contributed by atoms with van der Waals surface area (Å²) in [5.41, 5.74) is 0.745. The normalized spacial score (nSPS) is 21.0. The lowest BCUT2D eigenvalue weighted by molar-refractivity contribution is -0.135. The summed E-state index contributed by atoms with van der Waals surface area (Å²) in [4.78, 5) is 18.1. The molecule has 6 heteroatoms. The number of oxazole rings is 1. The van der Waals surface area contributed by atoms with E-state index in [0.717, 1.165) is 12.0 Å². The van der Waals surface area contributed by atoms with Crippen molar-refractivity contribution >= 4 is 5.91 Å². The fourth-order valence-electron chi connectivity index (χ4n) is 2.82. The molecule has 0 saturated carbocycles. The Bertz CT molecular complexity index is 699. The zero-order valence-corrected chi connectivity index (χ0v) is 13.6. The fourth-order valence-corrected chi connectivity index (χ4v) is 2.82. The lowest BCUT2D eigenvalue weighted by atomic mass is 9.96. The van der Waals surface area contributed by atoms with Crippen molar-refractivity contribution in [2.24, 2.45) is 5.92 Å². The van der Waals surface area contributed by atoms with Gasteiger partial charge < -0.3 is 14.4 Å². The standard InChI is InChI=1S/C18H21FN2O3/c1-12-8-9-21(11-15(12)22)18(23)7-6-17-20-10-16(24-17)13-2-4-14(19)5-3-13/h2-5,10,12,15,22H,6-9,11H2,1H3. The summed E-state index contributed by atoms with van der Waals surface area (Å²) in [5.74, 6) is 0.969. The van der Waals surface area contributed by atoms with Gasteiger partial charge in [-0.15, -0.1) is 0 Å². The number of aromatic nitrogens is 1. The first-order chi connectivity index (χ1) is 11.5. The SMILES string of the molecule is CC1CCN(C(=O)CCc2ncc(-c3ccc(F)cc3)o2)CC1O. The third kappa shape index (κ3) is 3.82.